The fraction of sp³-hybridized carbons (Fsp3) is 0.577. The van der Waals surface area contributed by atoms with E-state index < -0.39 is 0 Å². The van der Waals surface area contributed by atoms with Crippen LogP contribution >= 0.6 is 0 Å². The summed E-state index contributed by atoms with van der Waals surface area (Å²) >= 11 is 0. The molecule has 2 aliphatic rings. The Morgan fingerprint density at radius 1 is 1.00 bits per heavy atom. The summed E-state index contributed by atoms with van der Waals surface area (Å²) < 4.78 is 0. The van der Waals surface area contributed by atoms with E-state index in [4.69, 9.17) is 0 Å². The summed E-state index contributed by atoms with van der Waals surface area (Å²) in [5.74, 6) is 1.78. The van der Waals surface area contributed by atoms with Crippen molar-refractivity contribution < 1.29 is 4.79 Å². The van der Waals surface area contributed by atoms with Gasteiger partial charge in [-0.05, 0) is 42.6 Å². The monoisotopic (exact) mass is 364 g/mol. The zero-order valence-electron chi connectivity index (χ0n) is 17.6. The van der Waals surface area contributed by atoms with E-state index in [9.17, 15) is 4.79 Å². The molecule has 1 aromatic rings. The molecule has 0 aromatic heterocycles. The average Bonchev–Trinajstić information content (AvgIpc) is 2.69. The molecule has 0 amide bonds. The van der Waals surface area contributed by atoms with Gasteiger partial charge in [0, 0.05) is 5.92 Å². The SMILES string of the molecule is CC(C)C1=CC=CC(C(=O)C(c2ccccc2)C2CCCCC2)(C(C)C)C1. The maximum Gasteiger partial charge on any atom is 0.151 e. The topological polar surface area (TPSA) is 17.1 Å². The molecule has 1 nitrogen and oxygen atoms in total. The van der Waals surface area contributed by atoms with E-state index in [2.05, 4.69) is 76.3 Å². The molecule has 0 heterocycles. The Hall–Kier alpha value is -1.63. The number of hydrogen-bond donors (Lipinski definition) is 0. The molecule has 2 unspecified atom stereocenters. The minimum atomic E-state index is -0.369. The molecule has 27 heavy (non-hydrogen) atoms. The van der Waals surface area contributed by atoms with Crippen molar-refractivity contribution in [2.75, 3.05) is 0 Å². The third-order valence-corrected chi connectivity index (χ3v) is 6.99. The fourth-order valence-corrected chi connectivity index (χ4v) is 5.10. The molecule has 1 aromatic carbocycles. The first-order chi connectivity index (χ1) is 13.0. The second-order valence-corrected chi connectivity index (χ2v) is 9.28. The first kappa shape index (κ1) is 20.1. The highest BCUT2D eigenvalue weighted by atomic mass is 16.1. The van der Waals surface area contributed by atoms with Crippen molar-refractivity contribution in [1.82, 2.24) is 0 Å². The molecule has 1 heteroatoms. The van der Waals surface area contributed by atoms with Crippen LogP contribution in [0.4, 0.5) is 0 Å². The predicted molar refractivity (Wildman–Crippen MR) is 115 cm³/mol. The molecular formula is C26H36O. The molecule has 146 valence electrons. The Morgan fingerprint density at radius 3 is 2.26 bits per heavy atom. The molecule has 1 saturated carbocycles. The lowest BCUT2D eigenvalue weighted by atomic mass is 9.60. The number of carbonyl (C=O) groups is 1. The van der Waals surface area contributed by atoms with Gasteiger partial charge in [0.1, 0.15) is 0 Å². The number of allylic oxidation sites excluding steroid dienone is 4. The van der Waals surface area contributed by atoms with E-state index in [0.29, 0.717) is 23.5 Å². The van der Waals surface area contributed by atoms with Gasteiger partial charge < -0.3 is 0 Å². The zero-order valence-corrected chi connectivity index (χ0v) is 17.6. The summed E-state index contributed by atoms with van der Waals surface area (Å²) in [7, 11) is 0. The maximum atomic E-state index is 14.3. The Bertz CT molecular complexity index is 688. The molecule has 1 fully saturated rings. The molecule has 2 atom stereocenters. The third-order valence-electron chi connectivity index (χ3n) is 6.99. The van der Waals surface area contributed by atoms with Gasteiger partial charge in [-0.2, -0.15) is 0 Å². The highest BCUT2D eigenvalue weighted by Gasteiger charge is 2.46. The molecule has 0 spiro atoms. The van der Waals surface area contributed by atoms with Gasteiger partial charge in [0.15, 0.2) is 5.78 Å². The largest absolute Gasteiger partial charge is 0.298 e. The van der Waals surface area contributed by atoms with E-state index >= 15 is 0 Å². The first-order valence-electron chi connectivity index (χ1n) is 10.9. The van der Waals surface area contributed by atoms with Crippen molar-refractivity contribution in [3.8, 4) is 0 Å². The van der Waals surface area contributed by atoms with Crippen LogP contribution < -0.4 is 0 Å². The van der Waals surface area contributed by atoms with Gasteiger partial charge in [-0.15, -0.1) is 0 Å². The number of benzene rings is 1. The third kappa shape index (κ3) is 4.13. The predicted octanol–water partition coefficient (Wildman–Crippen LogP) is 7.10. The first-order valence-corrected chi connectivity index (χ1v) is 10.9. The van der Waals surface area contributed by atoms with Crippen LogP contribution in [0.3, 0.4) is 0 Å². The van der Waals surface area contributed by atoms with Crippen LogP contribution in [0, 0.1) is 23.2 Å². The van der Waals surface area contributed by atoms with Gasteiger partial charge in [-0.25, -0.2) is 0 Å². The van der Waals surface area contributed by atoms with Gasteiger partial charge in [-0.1, -0.05) is 101 Å². The second kappa shape index (κ2) is 8.59. The van der Waals surface area contributed by atoms with Crippen LogP contribution in [0.5, 0.6) is 0 Å². The molecule has 0 N–H and O–H groups in total. The lowest BCUT2D eigenvalue weighted by Gasteiger charge is -2.42. The van der Waals surface area contributed by atoms with Crippen LogP contribution in [0.1, 0.15) is 77.7 Å². The van der Waals surface area contributed by atoms with Crippen molar-refractivity contribution in [1.29, 1.82) is 0 Å². The summed E-state index contributed by atoms with van der Waals surface area (Å²) in [5, 5.41) is 0. The van der Waals surface area contributed by atoms with Gasteiger partial charge in [0.2, 0.25) is 0 Å². The molecular weight excluding hydrogens is 328 g/mol. The van der Waals surface area contributed by atoms with Gasteiger partial charge in [0.05, 0.1) is 5.41 Å². The highest BCUT2D eigenvalue weighted by Crippen LogP contribution is 2.48. The van der Waals surface area contributed by atoms with Crippen molar-refractivity contribution in [3.05, 3.63) is 59.7 Å². The molecule has 0 aliphatic heterocycles. The van der Waals surface area contributed by atoms with Crippen LogP contribution in [0.25, 0.3) is 0 Å². The smallest absolute Gasteiger partial charge is 0.151 e. The number of ketones is 1. The zero-order chi connectivity index (χ0) is 19.4. The quantitative estimate of drug-likeness (QED) is 0.526. The summed E-state index contributed by atoms with van der Waals surface area (Å²) in [6, 6.07) is 10.6. The van der Waals surface area contributed by atoms with Crippen LogP contribution in [-0.2, 0) is 4.79 Å². The highest BCUT2D eigenvalue weighted by molar-refractivity contribution is 5.94. The minimum absolute atomic E-state index is 0.0325. The van der Waals surface area contributed by atoms with Gasteiger partial charge in [0.25, 0.3) is 0 Å². The van der Waals surface area contributed by atoms with Gasteiger partial charge in [-0.3, -0.25) is 4.79 Å². The van der Waals surface area contributed by atoms with Crippen LogP contribution in [0.15, 0.2) is 54.1 Å². The lowest BCUT2D eigenvalue weighted by molar-refractivity contribution is -0.131. The van der Waals surface area contributed by atoms with E-state index in [-0.39, 0.29) is 11.3 Å². The fourth-order valence-electron chi connectivity index (χ4n) is 5.10. The molecule has 0 radical (unpaired) electrons. The standard InChI is InChI=1S/C26H36O/c1-19(2)23-16-11-17-26(18-23,20(3)4)25(27)24(21-12-7-5-8-13-21)22-14-9-6-10-15-22/h5,7-8,11-13,16-17,19-20,22,24H,6,9-10,14-15,18H2,1-4H3. The van der Waals surface area contributed by atoms with E-state index in [1.54, 1.807) is 0 Å². The second-order valence-electron chi connectivity index (χ2n) is 9.28. The summed E-state index contributed by atoms with van der Waals surface area (Å²) in [6.45, 7) is 8.95. The Labute approximate surface area is 166 Å². The summed E-state index contributed by atoms with van der Waals surface area (Å²) in [5.41, 5.74) is 2.27. The van der Waals surface area contributed by atoms with E-state index in [0.717, 1.165) is 6.42 Å². The molecule has 0 bridgehead atoms. The van der Waals surface area contributed by atoms with Crippen LogP contribution in [-0.4, -0.2) is 5.78 Å². The Kier molecular flexibility index (Phi) is 6.40. The Morgan fingerprint density at radius 2 is 1.67 bits per heavy atom. The van der Waals surface area contributed by atoms with Crippen LogP contribution in [0.2, 0.25) is 0 Å². The van der Waals surface area contributed by atoms with E-state index in [1.165, 1.54) is 43.2 Å². The van der Waals surface area contributed by atoms with Crippen molar-refractivity contribution in [2.24, 2.45) is 23.2 Å². The van der Waals surface area contributed by atoms with Gasteiger partial charge >= 0.3 is 0 Å². The average molecular weight is 365 g/mol. The summed E-state index contributed by atoms with van der Waals surface area (Å²) in [6.07, 6.45) is 13.7. The molecule has 0 saturated heterocycles. The minimum Gasteiger partial charge on any atom is -0.298 e. The Balaban J connectivity index is 2.01. The maximum absolute atomic E-state index is 14.3. The molecule has 2 aliphatic carbocycles. The van der Waals surface area contributed by atoms with Crippen molar-refractivity contribution >= 4 is 5.78 Å². The van der Waals surface area contributed by atoms with E-state index in [1.807, 2.05) is 0 Å². The van der Waals surface area contributed by atoms with Crippen molar-refractivity contribution in [2.45, 2.75) is 72.1 Å². The number of carbonyl (C=O) groups excluding carboxylic acids is 1. The number of hydrogen-bond acceptors (Lipinski definition) is 1. The lowest BCUT2D eigenvalue weighted by Crippen LogP contribution is -2.42. The number of Topliss-reactive ketones (excluding diaryl/α,β-unsaturated/α-hetero) is 1. The summed E-state index contributed by atoms with van der Waals surface area (Å²) in [4.78, 5) is 14.3. The molecule has 3 rings (SSSR count). The van der Waals surface area contributed by atoms with Crippen molar-refractivity contribution in [3.63, 3.8) is 0 Å². The number of rotatable bonds is 6. The normalized spacial score (nSPS) is 24.9.